The molecule has 8 heteroatoms. The van der Waals surface area contributed by atoms with E-state index < -0.39 is 23.5 Å². The summed E-state index contributed by atoms with van der Waals surface area (Å²) in [5, 5.41) is 33.4. The van der Waals surface area contributed by atoms with Crippen LogP contribution in [0.3, 0.4) is 0 Å². The van der Waals surface area contributed by atoms with Gasteiger partial charge in [-0.15, -0.1) is 0 Å². The molecule has 40 heavy (non-hydrogen) atoms. The molecule has 0 saturated carbocycles. The fraction of sp³-hybridized carbons (Fsp3) is 0.969. The number of nitrogens with zero attached hydrogens (tertiary/aromatic N) is 1. The Morgan fingerprint density at radius 2 is 1.32 bits per heavy atom. The number of unbranched alkanes of at least 4 members (excludes halogenated alkanes) is 12. The van der Waals surface area contributed by atoms with Crippen molar-refractivity contribution in [2.24, 2.45) is 5.41 Å². The van der Waals surface area contributed by atoms with Gasteiger partial charge in [0, 0.05) is 18.6 Å². The summed E-state index contributed by atoms with van der Waals surface area (Å²) in [5.74, 6) is -0.452. The minimum Gasteiger partial charge on any atom is -1.00 e. The summed E-state index contributed by atoms with van der Waals surface area (Å²) >= 11 is 0. The van der Waals surface area contributed by atoms with Crippen LogP contribution >= 0.6 is 0 Å². The molecule has 0 aliphatic heterocycles. The third-order valence-electron chi connectivity index (χ3n) is 7.82. The maximum atomic E-state index is 12.4. The summed E-state index contributed by atoms with van der Waals surface area (Å²) in [6, 6.07) is 0. The van der Waals surface area contributed by atoms with Gasteiger partial charge in [-0.05, 0) is 19.3 Å². The number of carbonyl (C=O) groups excluding carboxylic acids is 1. The lowest BCUT2D eigenvalue weighted by molar-refractivity contribution is -0.893. The number of quaternary nitrogens is 1. The van der Waals surface area contributed by atoms with Gasteiger partial charge in [0.2, 0.25) is 5.91 Å². The highest BCUT2D eigenvalue weighted by Crippen LogP contribution is 2.25. The van der Waals surface area contributed by atoms with E-state index in [0.29, 0.717) is 19.5 Å². The molecule has 0 saturated heterocycles. The summed E-state index contributed by atoms with van der Waals surface area (Å²) in [7, 11) is 4.28. The second-order valence-electron chi connectivity index (χ2n) is 13.0. The van der Waals surface area contributed by atoms with E-state index in [-0.39, 0.29) is 31.7 Å². The predicted octanol–water partition coefficient (Wildman–Crippen LogP) is 2.59. The van der Waals surface area contributed by atoms with Crippen LogP contribution in [0.15, 0.2) is 0 Å². The molecular weight excluding hydrogens is 528 g/mol. The van der Waals surface area contributed by atoms with Crippen molar-refractivity contribution in [2.75, 3.05) is 46.9 Å². The lowest BCUT2D eigenvalue weighted by atomic mass is 9.86. The van der Waals surface area contributed by atoms with E-state index in [4.69, 9.17) is 9.84 Å². The zero-order chi connectivity index (χ0) is 29.6. The highest BCUT2D eigenvalue weighted by molar-refractivity contribution is 5.81. The van der Waals surface area contributed by atoms with Crippen LogP contribution in [0, 0.1) is 5.41 Å². The lowest BCUT2D eigenvalue weighted by Crippen LogP contribution is -3.00. The number of hydrogen-bond donors (Lipinski definition) is 4. The SMILES string of the molecule is CCCCCCCCCCCCCCCC(OCC(C)(C)C(O)C(=O)NCCCO)C(O)C[N+](C)(C)CCC.[Cl-]. The Balaban J connectivity index is 0. The molecule has 0 bridgehead atoms. The Labute approximate surface area is 253 Å². The van der Waals surface area contributed by atoms with Crippen molar-refractivity contribution in [3.05, 3.63) is 0 Å². The van der Waals surface area contributed by atoms with Crippen molar-refractivity contribution in [1.29, 1.82) is 0 Å². The van der Waals surface area contributed by atoms with Gasteiger partial charge in [0.25, 0.3) is 0 Å². The minimum absolute atomic E-state index is 0. The fourth-order valence-corrected chi connectivity index (χ4v) is 5.21. The lowest BCUT2D eigenvalue weighted by Gasteiger charge is -2.36. The summed E-state index contributed by atoms with van der Waals surface area (Å²) in [4.78, 5) is 12.4. The smallest absolute Gasteiger partial charge is 0.249 e. The van der Waals surface area contributed by atoms with E-state index in [1.165, 1.54) is 70.6 Å². The zero-order valence-corrected chi connectivity index (χ0v) is 27.8. The van der Waals surface area contributed by atoms with Gasteiger partial charge >= 0.3 is 0 Å². The Morgan fingerprint density at radius 3 is 1.80 bits per heavy atom. The standard InChI is InChI=1S/C32H66N2O5.ClH/c1-7-9-10-11-12-13-14-15-16-17-18-19-20-22-29(28(36)26-34(5,6)24-8-2)39-27-32(3,4)30(37)31(38)33-23-21-25-35;/h28-30,35-37H,7-27H2,1-6H3;1H. The van der Waals surface area contributed by atoms with Crippen molar-refractivity contribution in [3.8, 4) is 0 Å². The first-order valence-electron chi connectivity index (χ1n) is 16.2. The third-order valence-corrected chi connectivity index (χ3v) is 7.82. The number of aliphatic hydroxyl groups is 3. The molecule has 0 heterocycles. The van der Waals surface area contributed by atoms with E-state index in [9.17, 15) is 15.0 Å². The summed E-state index contributed by atoms with van der Waals surface area (Å²) in [5.41, 5.74) is -0.801. The van der Waals surface area contributed by atoms with E-state index in [1.54, 1.807) is 0 Å². The quantitative estimate of drug-likeness (QED) is 0.0866. The molecule has 1 amide bonds. The van der Waals surface area contributed by atoms with Crippen LogP contribution < -0.4 is 17.7 Å². The van der Waals surface area contributed by atoms with E-state index in [0.717, 1.165) is 36.7 Å². The molecular formula is C32H67ClN2O5. The van der Waals surface area contributed by atoms with Gasteiger partial charge in [-0.3, -0.25) is 4.79 Å². The Bertz CT molecular complexity index is 592. The first kappa shape index (κ1) is 41.7. The van der Waals surface area contributed by atoms with Gasteiger partial charge < -0.3 is 42.3 Å². The molecule has 0 aromatic rings. The average Bonchev–Trinajstić information content (AvgIpc) is 2.87. The second-order valence-corrected chi connectivity index (χ2v) is 13.0. The van der Waals surface area contributed by atoms with Gasteiger partial charge in [-0.1, -0.05) is 111 Å². The van der Waals surface area contributed by atoms with Crippen LogP contribution in [0.5, 0.6) is 0 Å². The summed E-state index contributed by atoms with van der Waals surface area (Å²) in [6.07, 6.45) is 17.0. The van der Waals surface area contributed by atoms with Crippen LogP contribution in [-0.2, 0) is 9.53 Å². The van der Waals surface area contributed by atoms with Crippen LogP contribution in [0.1, 0.15) is 130 Å². The molecule has 0 fully saturated rings. The zero-order valence-electron chi connectivity index (χ0n) is 27.1. The van der Waals surface area contributed by atoms with Crippen molar-refractivity contribution < 1.29 is 41.7 Å². The number of carbonyl (C=O) groups is 1. The Kier molecular flexibility index (Phi) is 26.2. The van der Waals surface area contributed by atoms with Crippen molar-refractivity contribution in [3.63, 3.8) is 0 Å². The molecule has 242 valence electrons. The minimum atomic E-state index is -1.22. The molecule has 7 nitrogen and oxygen atoms in total. The molecule has 0 aromatic heterocycles. The first-order valence-corrected chi connectivity index (χ1v) is 16.2. The fourth-order valence-electron chi connectivity index (χ4n) is 5.21. The molecule has 0 aliphatic carbocycles. The van der Waals surface area contributed by atoms with Crippen molar-refractivity contribution in [2.45, 2.75) is 149 Å². The van der Waals surface area contributed by atoms with E-state index in [1.807, 2.05) is 13.8 Å². The number of likely N-dealkylation sites (N-methyl/N-ethyl adjacent to an activating group) is 1. The third kappa shape index (κ3) is 21.3. The average molecular weight is 595 g/mol. The molecule has 0 radical (unpaired) electrons. The highest BCUT2D eigenvalue weighted by Gasteiger charge is 2.36. The van der Waals surface area contributed by atoms with Crippen molar-refractivity contribution >= 4 is 5.91 Å². The molecule has 0 rings (SSSR count). The van der Waals surface area contributed by atoms with Gasteiger partial charge in [0.15, 0.2) is 0 Å². The maximum absolute atomic E-state index is 12.4. The van der Waals surface area contributed by atoms with Crippen molar-refractivity contribution in [1.82, 2.24) is 5.32 Å². The molecule has 0 spiro atoms. The summed E-state index contributed by atoms with van der Waals surface area (Å²) < 4.78 is 6.99. The molecule has 3 atom stereocenters. The molecule has 0 aliphatic rings. The monoisotopic (exact) mass is 594 g/mol. The highest BCUT2D eigenvalue weighted by atomic mass is 35.5. The Morgan fingerprint density at radius 1 is 0.825 bits per heavy atom. The number of rotatable bonds is 27. The topological polar surface area (TPSA) is 99.0 Å². The number of ether oxygens (including phenoxy) is 1. The van der Waals surface area contributed by atoms with Gasteiger partial charge in [-0.2, -0.15) is 0 Å². The predicted molar refractivity (Wildman–Crippen MR) is 163 cm³/mol. The van der Waals surface area contributed by atoms with Gasteiger partial charge in [0.1, 0.15) is 18.8 Å². The number of hydrogen-bond acceptors (Lipinski definition) is 5. The van der Waals surface area contributed by atoms with Crippen LogP contribution in [-0.4, -0.2) is 91.0 Å². The first-order chi connectivity index (χ1) is 18.5. The van der Waals surface area contributed by atoms with Gasteiger partial charge in [-0.25, -0.2) is 0 Å². The van der Waals surface area contributed by atoms with E-state index in [2.05, 4.69) is 33.3 Å². The summed E-state index contributed by atoms with van der Waals surface area (Å²) in [6.45, 7) is 10.2. The number of nitrogens with one attached hydrogen (secondary N) is 1. The second kappa shape index (κ2) is 25.1. The molecule has 0 aromatic carbocycles. The van der Waals surface area contributed by atoms with Crippen LogP contribution in [0.4, 0.5) is 0 Å². The van der Waals surface area contributed by atoms with Crippen LogP contribution in [0.25, 0.3) is 0 Å². The number of halogens is 1. The van der Waals surface area contributed by atoms with E-state index >= 15 is 0 Å². The van der Waals surface area contributed by atoms with Gasteiger partial charge in [0.05, 0.1) is 33.4 Å². The number of amides is 1. The maximum Gasteiger partial charge on any atom is 0.249 e. The normalized spacial score (nSPS) is 14.4. The molecule has 4 N–H and O–H groups in total. The Hall–Kier alpha value is -0.440. The number of aliphatic hydroxyl groups excluding tert-OH is 3. The molecule has 3 unspecified atom stereocenters. The van der Waals surface area contributed by atoms with Crippen LogP contribution in [0.2, 0.25) is 0 Å². The largest absolute Gasteiger partial charge is 1.00 e.